The zero-order valence-electron chi connectivity index (χ0n) is 26.4. The summed E-state index contributed by atoms with van der Waals surface area (Å²) in [7, 11) is 0. The van der Waals surface area contributed by atoms with E-state index in [1.807, 2.05) is 13.8 Å². The quantitative estimate of drug-likeness (QED) is 0.0836. The summed E-state index contributed by atoms with van der Waals surface area (Å²) in [5, 5.41) is 18.1. The lowest BCUT2D eigenvalue weighted by atomic mass is 10.1. The van der Waals surface area contributed by atoms with Crippen LogP contribution in [0.5, 0.6) is 40.5 Å². The van der Waals surface area contributed by atoms with Crippen molar-refractivity contribution >= 4 is 17.7 Å². The van der Waals surface area contributed by atoms with Crippen LogP contribution in [0.2, 0.25) is 0 Å². The molecular formula is C34H34F2N4O7. The number of aromatic nitrogens is 1. The van der Waals surface area contributed by atoms with E-state index in [9.17, 15) is 14.7 Å². The van der Waals surface area contributed by atoms with Crippen LogP contribution < -0.4 is 19.9 Å². The van der Waals surface area contributed by atoms with Crippen molar-refractivity contribution in [3.05, 3.63) is 94.0 Å². The number of aromatic hydroxyl groups is 1. The van der Waals surface area contributed by atoms with E-state index in [4.69, 9.17) is 30.1 Å². The molecule has 0 spiro atoms. The van der Waals surface area contributed by atoms with E-state index < -0.39 is 40.9 Å². The number of halogens is 2. The molecule has 47 heavy (non-hydrogen) atoms. The van der Waals surface area contributed by atoms with Gasteiger partial charge in [-0.15, -0.1) is 0 Å². The van der Waals surface area contributed by atoms with Gasteiger partial charge in [-0.1, -0.05) is 6.07 Å². The number of carbonyl (C=O) groups is 2. The summed E-state index contributed by atoms with van der Waals surface area (Å²) in [4.78, 5) is 30.7. The summed E-state index contributed by atoms with van der Waals surface area (Å²) in [6, 6.07) is 12.6. The van der Waals surface area contributed by atoms with Crippen LogP contribution in [0.1, 0.15) is 58.2 Å². The minimum Gasteiger partial charge on any atom is -0.504 e. The zero-order valence-corrected chi connectivity index (χ0v) is 26.4. The van der Waals surface area contributed by atoms with Gasteiger partial charge in [0.15, 0.2) is 11.5 Å². The van der Waals surface area contributed by atoms with E-state index in [-0.39, 0.29) is 52.3 Å². The van der Waals surface area contributed by atoms with Crippen molar-refractivity contribution in [1.82, 2.24) is 9.88 Å². The second kappa shape index (κ2) is 14.6. The Balaban J connectivity index is 1.83. The summed E-state index contributed by atoms with van der Waals surface area (Å²) >= 11 is 0. The number of phenolic OH excluding ortho intramolecular Hbond substituents is 1. The molecule has 13 heteroatoms. The zero-order chi connectivity index (χ0) is 34.4. The fraction of sp³-hybridized carbons (Fsp3) is 0.235. The molecule has 246 valence electrons. The predicted molar refractivity (Wildman–Crippen MR) is 169 cm³/mol. The number of ether oxygens (including phenoxy) is 4. The Morgan fingerprint density at radius 1 is 0.851 bits per heavy atom. The molecule has 0 atom stereocenters. The van der Waals surface area contributed by atoms with Crippen LogP contribution in [0.25, 0.3) is 0 Å². The smallest absolute Gasteiger partial charge is 0.338 e. The molecule has 1 heterocycles. The van der Waals surface area contributed by atoms with E-state index in [1.54, 1.807) is 31.7 Å². The molecule has 0 radical (unpaired) electrons. The Hall–Kier alpha value is -5.72. The van der Waals surface area contributed by atoms with Gasteiger partial charge in [0.1, 0.15) is 17.3 Å². The van der Waals surface area contributed by atoms with Gasteiger partial charge in [0.2, 0.25) is 17.4 Å². The molecule has 0 aliphatic rings. The molecule has 1 aromatic heterocycles. The maximum absolute atomic E-state index is 16.1. The van der Waals surface area contributed by atoms with Gasteiger partial charge in [-0.25, -0.2) is 4.79 Å². The number of nitrogen functional groups attached to an aromatic ring is 1. The number of nitrogens with two attached hydrogens (primary N) is 1. The SMILES string of the molecule is CCOC(=O)c1cc(C)c(Oc2c(F)c(Oc3cccc(C(=O)N(CC)CC)c3)nc(Oc3cc(C(=N)N)ccc3O)c2F)c(C)c1. The number of esters is 1. The van der Waals surface area contributed by atoms with Gasteiger partial charge in [0.25, 0.3) is 17.7 Å². The van der Waals surface area contributed by atoms with Crippen molar-refractivity contribution in [3.63, 3.8) is 0 Å². The molecule has 4 aromatic rings. The van der Waals surface area contributed by atoms with Crippen molar-refractivity contribution in [2.45, 2.75) is 34.6 Å². The Bertz CT molecular complexity index is 1820. The van der Waals surface area contributed by atoms with Gasteiger partial charge in [-0.2, -0.15) is 13.8 Å². The third kappa shape index (κ3) is 7.57. The molecule has 11 nitrogen and oxygen atoms in total. The number of amidine groups is 1. The predicted octanol–water partition coefficient (Wildman–Crippen LogP) is 7.00. The Labute approximate surface area is 270 Å². The number of benzene rings is 3. The van der Waals surface area contributed by atoms with E-state index in [2.05, 4.69) is 4.98 Å². The van der Waals surface area contributed by atoms with Gasteiger partial charge in [0.05, 0.1) is 12.2 Å². The monoisotopic (exact) mass is 648 g/mol. The summed E-state index contributed by atoms with van der Waals surface area (Å²) in [5.41, 5.74) is 6.91. The molecule has 0 saturated heterocycles. The molecule has 0 aliphatic heterocycles. The number of hydrogen-bond donors (Lipinski definition) is 3. The minimum atomic E-state index is -1.39. The van der Waals surface area contributed by atoms with Crippen molar-refractivity contribution in [3.8, 4) is 40.5 Å². The van der Waals surface area contributed by atoms with Crippen LogP contribution in [-0.4, -0.2) is 52.4 Å². The first kappa shape index (κ1) is 34.2. The molecular weight excluding hydrogens is 614 g/mol. The topological polar surface area (TPSA) is 157 Å². The van der Waals surface area contributed by atoms with Crippen LogP contribution in [0.4, 0.5) is 8.78 Å². The minimum absolute atomic E-state index is 0.00508. The van der Waals surface area contributed by atoms with Crippen molar-refractivity contribution in [2.75, 3.05) is 19.7 Å². The van der Waals surface area contributed by atoms with Crippen LogP contribution >= 0.6 is 0 Å². The Kier molecular flexibility index (Phi) is 10.6. The number of hydrogen-bond acceptors (Lipinski definition) is 9. The highest BCUT2D eigenvalue weighted by Gasteiger charge is 2.28. The van der Waals surface area contributed by atoms with Crippen LogP contribution in [-0.2, 0) is 4.74 Å². The summed E-state index contributed by atoms with van der Waals surface area (Å²) < 4.78 is 54.3. The number of rotatable bonds is 12. The molecule has 1 amide bonds. The molecule has 3 aromatic carbocycles. The van der Waals surface area contributed by atoms with Crippen molar-refractivity contribution < 1.29 is 42.4 Å². The Morgan fingerprint density at radius 2 is 1.49 bits per heavy atom. The van der Waals surface area contributed by atoms with E-state index in [0.717, 1.165) is 0 Å². The molecule has 0 fully saturated rings. The van der Waals surface area contributed by atoms with Gasteiger partial charge < -0.3 is 34.7 Å². The first-order valence-corrected chi connectivity index (χ1v) is 14.7. The highest BCUT2D eigenvalue weighted by Crippen LogP contribution is 2.42. The molecule has 0 aliphatic carbocycles. The first-order chi connectivity index (χ1) is 22.4. The number of carbonyl (C=O) groups excluding carboxylic acids is 2. The van der Waals surface area contributed by atoms with Gasteiger partial charge >= 0.3 is 5.97 Å². The normalized spacial score (nSPS) is 10.7. The van der Waals surface area contributed by atoms with Crippen LogP contribution in [0, 0.1) is 30.9 Å². The largest absolute Gasteiger partial charge is 0.504 e. The first-order valence-electron chi connectivity index (χ1n) is 14.7. The molecule has 0 unspecified atom stereocenters. The number of pyridine rings is 1. The third-order valence-electron chi connectivity index (χ3n) is 6.98. The van der Waals surface area contributed by atoms with Crippen LogP contribution in [0.3, 0.4) is 0 Å². The van der Waals surface area contributed by atoms with Crippen molar-refractivity contribution in [2.24, 2.45) is 5.73 Å². The highest BCUT2D eigenvalue weighted by atomic mass is 19.1. The molecule has 4 N–H and O–H groups in total. The fourth-order valence-corrected chi connectivity index (χ4v) is 4.62. The maximum Gasteiger partial charge on any atom is 0.338 e. The number of phenols is 1. The lowest BCUT2D eigenvalue weighted by molar-refractivity contribution is 0.0525. The lowest BCUT2D eigenvalue weighted by Crippen LogP contribution is -2.30. The lowest BCUT2D eigenvalue weighted by Gasteiger charge is -2.19. The van der Waals surface area contributed by atoms with Crippen molar-refractivity contribution in [1.29, 1.82) is 5.41 Å². The molecule has 4 rings (SSSR count). The number of aryl methyl sites for hydroxylation is 2. The number of nitrogens with one attached hydrogen (secondary N) is 1. The Morgan fingerprint density at radius 3 is 2.09 bits per heavy atom. The van der Waals surface area contributed by atoms with Gasteiger partial charge in [-0.05, 0) is 94.3 Å². The summed E-state index contributed by atoms with van der Waals surface area (Å²) in [6.07, 6.45) is 0. The molecule has 0 saturated carbocycles. The van der Waals surface area contributed by atoms with Gasteiger partial charge in [-0.3, -0.25) is 10.2 Å². The van der Waals surface area contributed by atoms with Crippen LogP contribution in [0.15, 0.2) is 54.6 Å². The maximum atomic E-state index is 16.1. The molecule has 0 bridgehead atoms. The second-order valence-electron chi connectivity index (χ2n) is 10.2. The van der Waals surface area contributed by atoms with E-state index in [0.29, 0.717) is 24.2 Å². The van der Waals surface area contributed by atoms with E-state index >= 15 is 8.78 Å². The highest BCUT2D eigenvalue weighted by molar-refractivity contribution is 5.95. The standard InChI is InChI=1S/C34H34F2N4O7/c1-6-40(7-2)33(42)21-10-9-11-23(16-21)45-31-26(35)29(47-28-18(4)14-22(15-19(28)5)34(43)44-8-3)27(36)32(39-31)46-25-17-20(30(37)38)12-13-24(25)41/h9-17,41H,6-8H2,1-5H3,(H3,37,38). The van der Waals surface area contributed by atoms with E-state index in [1.165, 1.54) is 48.5 Å². The second-order valence-corrected chi connectivity index (χ2v) is 10.2. The van der Waals surface area contributed by atoms with Gasteiger partial charge in [0, 0.05) is 24.2 Å². The number of amides is 1. The third-order valence-corrected chi connectivity index (χ3v) is 6.98. The number of nitrogens with zero attached hydrogens (tertiary/aromatic N) is 2. The summed E-state index contributed by atoms with van der Waals surface area (Å²) in [5.74, 6) is -7.27. The fourth-order valence-electron chi connectivity index (χ4n) is 4.62. The summed E-state index contributed by atoms with van der Waals surface area (Å²) in [6.45, 7) is 9.59. The average Bonchev–Trinajstić information content (AvgIpc) is 3.04. The average molecular weight is 649 g/mol.